The van der Waals surface area contributed by atoms with E-state index in [-0.39, 0.29) is 0 Å². The standard InChI is InChI=1S/C19H19N3/c1-12-7-13(2)9-15(8-12)19-16(5-6-20)17-10-14(11-21)3-4-18(17)22-19/h3-4,7-10,22H,5-6,20H2,1-2H3. The van der Waals surface area contributed by atoms with E-state index in [4.69, 9.17) is 11.0 Å². The molecule has 3 nitrogen and oxygen atoms in total. The van der Waals surface area contributed by atoms with E-state index in [0.29, 0.717) is 12.1 Å². The Labute approximate surface area is 130 Å². The van der Waals surface area contributed by atoms with E-state index < -0.39 is 0 Å². The number of nitrogens with two attached hydrogens (primary N) is 1. The predicted molar refractivity (Wildman–Crippen MR) is 90.7 cm³/mol. The first-order valence-corrected chi connectivity index (χ1v) is 7.46. The molecule has 0 saturated heterocycles. The number of rotatable bonds is 3. The fourth-order valence-electron chi connectivity index (χ4n) is 3.09. The molecular weight excluding hydrogens is 270 g/mol. The molecule has 0 bridgehead atoms. The second-order valence-corrected chi connectivity index (χ2v) is 5.77. The van der Waals surface area contributed by atoms with Crippen LogP contribution in [-0.4, -0.2) is 11.5 Å². The molecule has 3 N–H and O–H groups in total. The largest absolute Gasteiger partial charge is 0.354 e. The predicted octanol–water partition coefficient (Wildman–Crippen LogP) is 3.82. The first kappa shape index (κ1) is 14.4. The second-order valence-electron chi connectivity index (χ2n) is 5.77. The monoisotopic (exact) mass is 289 g/mol. The SMILES string of the molecule is Cc1cc(C)cc(-c2[nH]c3ccc(C#N)cc3c2CCN)c1. The van der Waals surface area contributed by atoms with Gasteiger partial charge in [-0.3, -0.25) is 0 Å². The fraction of sp³-hybridized carbons (Fsp3) is 0.211. The molecule has 22 heavy (non-hydrogen) atoms. The number of nitrogens with zero attached hydrogens (tertiary/aromatic N) is 1. The van der Waals surface area contributed by atoms with Gasteiger partial charge in [-0.05, 0) is 68.3 Å². The molecule has 0 unspecified atom stereocenters. The van der Waals surface area contributed by atoms with Crippen molar-refractivity contribution in [3.63, 3.8) is 0 Å². The summed E-state index contributed by atoms with van der Waals surface area (Å²) in [6, 6.07) is 14.5. The Bertz CT molecular complexity index is 861. The van der Waals surface area contributed by atoms with Gasteiger partial charge < -0.3 is 10.7 Å². The van der Waals surface area contributed by atoms with Gasteiger partial charge in [0.25, 0.3) is 0 Å². The molecule has 0 amide bonds. The van der Waals surface area contributed by atoms with E-state index in [1.165, 1.54) is 22.3 Å². The number of fused-ring (bicyclic) bond motifs is 1. The summed E-state index contributed by atoms with van der Waals surface area (Å²) in [6.07, 6.45) is 0.789. The lowest BCUT2D eigenvalue weighted by Crippen LogP contribution is -2.03. The molecule has 110 valence electrons. The third kappa shape index (κ3) is 2.49. The molecule has 3 aromatic rings. The van der Waals surface area contributed by atoms with E-state index in [9.17, 15) is 0 Å². The Morgan fingerprint density at radius 2 is 1.82 bits per heavy atom. The highest BCUT2D eigenvalue weighted by molar-refractivity contribution is 5.91. The van der Waals surface area contributed by atoms with Crippen LogP contribution in [0.25, 0.3) is 22.2 Å². The summed E-state index contributed by atoms with van der Waals surface area (Å²) < 4.78 is 0. The van der Waals surface area contributed by atoms with Gasteiger partial charge >= 0.3 is 0 Å². The van der Waals surface area contributed by atoms with Crippen molar-refractivity contribution in [2.24, 2.45) is 5.73 Å². The Hall–Kier alpha value is -2.57. The van der Waals surface area contributed by atoms with E-state index in [2.05, 4.69) is 43.1 Å². The number of nitrogens with one attached hydrogen (secondary N) is 1. The Morgan fingerprint density at radius 3 is 2.45 bits per heavy atom. The van der Waals surface area contributed by atoms with Gasteiger partial charge in [-0.15, -0.1) is 0 Å². The van der Waals surface area contributed by atoms with Crippen molar-refractivity contribution >= 4 is 10.9 Å². The number of nitriles is 1. The van der Waals surface area contributed by atoms with Crippen molar-refractivity contribution in [1.29, 1.82) is 5.26 Å². The molecule has 0 aliphatic heterocycles. The van der Waals surface area contributed by atoms with Gasteiger partial charge in [0.1, 0.15) is 0 Å². The maximum absolute atomic E-state index is 9.13. The van der Waals surface area contributed by atoms with Crippen LogP contribution in [0.15, 0.2) is 36.4 Å². The summed E-state index contributed by atoms with van der Waals surface area (Å²) in [7, 11) is 0. The van der Waals surface area contributed by atoms with Crippen LogP contribution in [0.4, 0.5) is 0 Å². The van der Waals surface area contributed by atoms with E-state index in [1.807, 2.05) is 18.2 Å². The van der Waals surface area contributed by atoms with Crippen LogP contribution in [0.1, 0.15) is 22.3 Å². The van der Waals surface area contributed by atoms with Crippen molar-refractivity contribution < 1.29 is 0 Å². The summed E-state index contributed by atoms with van der Waals surface area (Å²) in [4.78, 5) is 3.51. The van der Waals surface area contributed by atoms with Crippen LogP contribution in [0.2, 0.25) is 0 Å². The highest BCUT2D eigenvalue weighted by atomic mass is 14.7. The van der Waals surface area contributed by atoms with E-state index in [1.54, 1.807) is 0 Å². The summed E-state index contributed by atoms with van der Waals surface area (Å²) in [6.45, 7) is 4.80. The summed E-state index contributed by atoms with van der Waals surface area (Å²) in [5, 5.41) is 10.2. The summed E-state index contributed by atoms with van der Waals surface area (Å²) in [5.74, 6) is 0. The van der Waals surface area contributed by atoms with Crippen molar-refractivity contribution in [2.75, 3.05) is 6.54 Å². The number of aryl methyl sites for hydroxylation is 2. The highest BCUT2D eigenvalue weighted by Crippen LogP contribution is 2.32. The molecule has 0 fully saturated rings. The van der Waals surface area contributed by atoms with Crippen LogP contribution in [0.5, 0.6) is 0 Å². The molecule has 0 aliphatic rings. The third-order valence-corrected chi connectivity index (χ3v) is 3.94. The number of aromatic amines is 1. The minimum absolute atomic E-state index is 0.585. The molecule has 2 aromatic carbocycles. The van der Waals surface area contributed by atoms with E-state index in [0.717, 1.165) is 23.0 Å². The minimum atomic E-state index is 0.585. The zero-order chi connectivity index (χ0) is 15.7. The number of H-pyrrole nitrogens is 1. The maximum atomic E-state index is 9.13. The van der Waals surface area contributed by atoms with Gasteiger partial charge in [0.05, 0.1) is 11.6 Å². The molecule has 0 aliphatic carbocycles. The summed E-state index contributed by atoms with van der Waals surface area (Å²) >= 11 is 0. The van der Waals surface area contributed by atoms with Gasteiger partial charge in [-0.2, -0.15) is 5.26 Å². The summed E-state index contributed by atoms with van der Waals surface area (Å²) in [5.41, 5.74) is 13.5. The van der Waals surface area contributed by atoms with Gasteiger partial charge in [-0.1, -0.05) is 17.2 Å². The van der Waals surface area contributed by atoms with Gasteiger partial charge in [0.15, 0.2) is 0 Å². The normalized spacial score (nSPS) is 10.8. The molecule has 3 heteroatoms. The molecule has 3 rings (SSSR count). The Balaban J connectivity index is 2.28. The van der Waals surface area contributed by atoms with Crippen molar-refractivity contribution in [3.05, 3.63) is 58.7 Å². The van der Waals surface area contributed by atoms with Crippen LogP contribution in [0, 0.1) is 25.2 Å². The Kier molecular flexibility index (Phi) is 3.70. The number of hydrogen-bond acceptors (Lipinski definition) is 2. The van der Waals surface area contributed by atoms with Crippen LogP contribution >= 0.6 is 0 Å². The molecule has 1 heterocycles. The maximum Gasteiger partial charge on any atom is 0.0991 e. The van der Waals surface area contributed by atoms with Crippen LogP contribution < -0.4 is 5.73 Å². The van der Waals surface area contributed by atoms with Gasteiger partial charge in [0.2, 0.25) is 0 Å². The molecule has 0 spiro atoms. The zero-order valence-corrected chi connectivity index (χ0v) is 12.9. The quantitative estimate of drug-likeness (QED) is 0.769. The molecule has 0 saturated carbocycles. The third-order valence-electron chi connectivity index (χ3n) is 3.94. The lowest BCUT2D eigenvalue weighted by Gasteiger charge is -2.07. The average molecular weight is 289 g/mol. The molecule has 1 aromatic heterocycles. The van der Waals surface area contributed by atoms with Crippen molar-refractivity contribution in [3.8, 4) is 17.3 Å². The van der Waals surface area contributed by atoms with Gasteiger partial charge in [-0.25, -0.2) is 0 Å². The fourth-order valence-corrected chi connectivity index (χ4v) is 3.09. The number of aromatic nitrogens is 1. The lowest BCUT2D eigenvalue weighted by atomic mass is 9.99. The Morgan fingerprint density at radius 1 is 1.09 bits per heavy atom. The first-order chi connectivity index (χ1) is 10.6. The molecule has 0 atom stereocenters. The van der Waals surface area contributed by atoms with Crippen LogP contribution in [-0.2, 0) is 6.42 Å². The van der Waals surface area contributed by atoms with E-state index >= 15 is 0 Å². The minimum Gasteiger partial charge on any atom is -0.354 e. The lowest BCUT2D eigenvalue weighted by molar-refractivity contribution is 0.978. The van der Waals surface area contributed by atoms with Gasteiger partial charge in [0, 0.05) is 16.6 Å². The molecular formula is C19H19N3. The zero-order valence-electron chi connectivity index (χ0n) is 12.9. The van der Waals surface area contributed by atoms with Crippen LogP contribution in [0.3, 0.4) is 0 Å². The highest BCUT2D eigenvalue weighted by Gasteiger charge is 2.13. The smallest absolute Gasteiger partial charge is 0.0991 e. The second kappa shape index (κ2) is 5.67. The molecule has 0 radical (unpaired) electrons. The average Bonchev–Trinajstić information content (AvgIpc) is 2.85. The topological polar surface area (TPSA) is 65.6 Å². The van der Waals surface area contributed by atoms with Crippen molar-refractivity contribution in [1.82, 2.24) is 4.98 Å². The van der Waals surface area contributed by atoms with Crippen molar-refractivity contribution in [2.45, 2.75) is 20.3 Å². The first-order valence-electron chi connectivity index (χ1n) is 7.46. The number of benzene rings is 2. The number of hydrogen-bond donors (Lipinski definition) is 2.